The van der Waals surface area contributed by atoms with Crippen LogP contribution in [0.1, 0.15) is 88.0 Å². The molecule has 1 radical (unpaired) electrons. The molecule has 0 saturated heterocycles. The van der Waals surface area contributed by atoms with Crippen molar-refractivity contribution in [2.24, 2.45) is 5.92 Å². The molecule has 0 bridgehead atoms. The Morgan fingerprint density at radius 3 is 2.27 bits per heavy atom. The molecule has 4 aromatic carbocycles. The predicted molar refractivity (Wildman–Crippen MR) is 199 cm³/mol. The molecule has 0 unspecified atom stereocenters. The first-order valence-electron chi connectivity index (χ1n) is 19.1. The summed E-state index contributed by atoms with van der Waals surface area (Å²) in [4.78, 5) is 9.17. The molecule has 5 heteroatoms. The molecule has 4 nitrogen and oxygen atoms in total. The third-order valence-corrected chi connectivity index (χ3v) is 8.40. The van der Waals surface area contributed by atoms with E-state index in [1.54, 1.807) is 18.2 Å². The molecule has 253 valence electrons. The first-order valence-corrected chi connectivity index (χ1v) is 16.6. The monoisotopic (exact) mass is 829 g/mol. The summed E-state index contributed by atoms with van der Waals surface area (Å²) in [5.74, 6) is 1.47. The molecular weight excluding hydrogens is 779 g/mol. The molecule has 7 aromatic rings. The number of furan rings is 1. The molecule has 7 rings (SSSR count). The van der Waals surface area contributed by atoms with Crippen LogP contribution in [0.5, 0.6) is 0 Å². The van der Waals surface area contributed by atoms with Gasteiger partial charge in [-0.1, -0.05) is 113 Å². The zero-order valence-corrected chi connectivity index (χ0v) is 31.2. The number of nitrogens with zero attached hydrogens (tertiary/aromatic N) is 3. The number of para-hydroxylation sites is 2. The van der Waals surface area contributed by atoms with Gasteiger partial charge in [-0.2, -0.15) is 0 Å². The number of hydrogen-bond donors (Lipinski definition) is 0. The van der Waals surface area contributed by atoms with Crippen LogP contribution in [0.15, 0.2) is 108 Å². The third-order valence-electron chi connectivity index (χ3n) is 8.40. The molecule has 0 atom stereocenters. The second kappa shape index (κ2) is 15.9. The van der Waals surface area contributed by atoms with E-state index in [1.807, 2.05) is 62.4 Å². The maximum Gasteiger partial charge on any atom is 0.0770 e. The average molecular weight is 829 g/mol. The van der Waals surface area contributed by atoms with Gasteiger partial charge in [0.1, 0.15) is 0 Å². The molecule has 0 saturated carbocycles. The fourth-order valence-corrected chi connectivity index (χ4v) is 6.14. The average Bonchev–Trinajstić information content (AvgIpc) is 3.72. The molecule has 0 amide bonds. The molecule has 49 heavy (non-hydrogen) atoms. The van der Waals surface area contributed by atoms with E-state index in [-0.39, 0.29) is 31.6 Å². The van der Waals surface area contributed by atoms with Gasteiger partial charge in [0, 0.05) is 51.5 Å². The van der Waals surface area contributed by atoms with Crippen LogP contribution in [-0.2, 0) is 33.0 Å². The first-order chi connectivity index (χ1) is 25.2. The Bertz CT molecular complexity index is 2300. The van der Waals surface area contributed by atoms with Gasteiger partial charge in [0.2, 0.25) is 0 Å². The molecule has 0 N–H and O–H groups in total. The zero-order valence-electron chi connectivity index (χ0n) is 33.8. The van der Waals surface area contributed by atoms with E-state index in [9.17, 15) is 0 Å². The van der Waals surface area contributed by atoms with Crippen molar-refractivity contribution in [1.82, 2.24) is 14.5 Å². The van der Waals surface area contributed by atoms with Gasteiger partial charge in [0.25, 0.3) is 0 Å². The van der Waals surface area contributed by atoms with E-state index < -0.39 is 13.2 Å². The minimum Gasteiger partial charge on any atom is -0.557 e. The molecule has 0 fully saturated rings. The summed E-state index contributed by atoms with van der Waals surface area (Å²) in [7, 11) is 0. The molecule has 3 heterocycles. The maximum absolute atomic E-state index is 8.51. The van der Waals surface area contributed by atoms with E-state index in [4.69, 9.17) is 16.3 Å². The van der Waals surface area contributed by atoms with E-state index in [0.29, 0.717) is 29.5 Å². The number of aromatic nitrogens is 3. The molecule has 0 spiro atoms. The van der Waals surface area contributed by atoms with Crippen molar-refractivity contribution in [3.05, 3.63) is 143 Å². The standard InChI is InChI=1S/C32H35N2O.C12H10N.Ir/c1-20(2)16-23-14-15-26-28(19-35-31(26)17-23)32-33-29-12-7-8-13-30(29)34(32)18-27-24(21(3)4)10-9-11-25(27)22(5)6;1-10-7-8-12(13-9-10)11-5-3-2-4-6-11;/h7-15,17,20-22H,16,18H2,1-6H3;2-5,7-9H,1H3;/q2*-1;/i16D2;1D3;. The van der Waals surface area contributed by atoms with Crippen LogP contribution in [0.4, 0.5) is 0 Å². The maximum atomic E-state index is 8.51. The van der Waals surface area contributed by atoms with Crippen molar-refractivity contribution in [3.63, 3.8) is 0 Å². The fourth-order valence-electron chi connectivity index (χ4n) is 6.14. The molecule has 0 aliphatic carbocycles. The van der Waals surface area contributed by atoms with Crippen molar-refractivity contribution in [2.75, 3.05) is 0 Å². The number of aryl methyl sites for hydroxylation is 1. The third kappa shape index (κ3) is 8.12. The Balaban J connectivity index is 0.000000276. The Hall–Kier alpha value is -4.31. The van der Waals surface area contributed by atoms with Gasteiger partial charge in [-0.3, -0.25) is 4.98 Å². The van der Waals surface area contributed by atoms with Crippen LogP contribution in [0.2, 0.25) is 0 Å². The van der Waals surface area contributed by atoms with Crippen LogP contribution < -0.4 is 0 Å². The quantitative estimate of drug-likeness (QED) is 0.143. The predicted octanol–water partition coefficient (Wildman–Crippen LogP) is 11.6. The minimum atomic E-state index is -2.09. The van der Waals surface area contributed by atoms with Crippen molar-refractivity contribution < 1.29 is 31.4 Å². The summed E-state index contributed by atoms with van der Waals surface area (Å²) in [6.45, 7) is 11.4. The summed E-state index contributed by atoms with van der Waals surface area (Å²) in [6, 6.07) is 34.3. The Kier molecular flexibility index (Phi) is 9.62. The van der Waals surface area contributed by atoms with Crippen molar-refractivity contribution >= 4 is 22.0 Å². The second-order valence-electron chi connectivity index (χ2n) is 13.0. The van der Waals surface area contributed by atoms with Crippen LogP contribution in [0.3, 0.4) is 0 Å². The number of imidazole rings is 1. The van der Waals surface area contributed by atoms with Gasteiger partial charge in [-0.15, -0.1) is 42.0 Å². The molecule has 3 aromatic heterocycles. The number of hydrogen-bond acceptors (Lipinski definition) is 3. The number of benzene rings is 4. The summed E-state index contributed by atoms with van der Waals surface area (Å²) < 4.78 is 46.9. The van der Waals surface area contributed by atoms with Gasteiger partial charge in [-0.05, 0) is 71.1 Å². The number of fused-ring (bicyclic) bond motifs is 2. The van der Waals surface area contributed by atoms with Gasteiger partial charge in [0.05, 0.1) is 16.9 Å². The van der Waals surface area contributed by atoms with Gasteiger partial charge < -0.3 is 14.0 Å². The topological polar surface area (TPSA) is 43.9 Å². The van der Waals surface area contributed by atoms with E-state index in [2.05, 4.69) is 79.9 Å². The van der Waals surface area contributed by atoms with Crippen molar-refractivity contribution in [2.45, 2.75) is 73.1 Å². The van der Waals surface area contributed by atoms with E-state index >= 15 is 0 Å². The molecule has 0 aliphatic heterocycles. The summed E-state index contributed by atoms with van der Waals surface area (Å²) >= 11 is 0. The first kappa shape index (κ1) is 29.6. The molecule has 0 aliphatic rings. The number of rotatable bonds is 8. The van der Waals surface area contributed by atoms with Crippen molar-refractivity contribution in [1.29, 1.82) is 0 Å². The van der Waals surface area contributed by atoms with E-state index in [0.717, 1.165) is 39.1 Å². The van der Waals surface area contributed by atoms with Crippen LogP contribution in [0, 0.1) is 25.1 Å². The summed E-state index contributed by atoms with van der Waals surface area (Å²) in [5.41, 5.74) is 9.95. The Morgan fingerprint density at radius 2 is 1.61 bits per heavy atom. The normalized spacial score (nSPS) is 13.4. The molecular formula is C44H45IrN3O-2. The summed E-state index contributed by atoms with van der Waals surface area (Å²) in [6.07, 6.45) is 3.07. The van der Waals surface area contributed by atoms with E-state index in [1.165, 1.54) is 22.9 Å². The zero-order chi connectivity index (χ0) is 38.1. The van der Waals surface area contributed by atoms with Crippen molar-refractivity contribution in [3.8, 4) is 22.6 Å². The minimum absolute atomic E-state index is 0. The Morgan fingerprint density at radius 1 is 0.857 bits per heavy atom. The largest absolute Gasteiger partial charge is 0.557 e. The SMILES string of the molecule is [2H]C([2H])([2H])c1ccc(-c2[c-]cccc2)nc1.[2H]C([2H])(c1ccc2c(-c3nc4ccccc4n3Cc3c(C(C)C)cccc3C(C)C)[c-]oc2c1)C(C)C.[Ir]. The van der Waals surface area contributed by atoms with Crippen LogP contribution >= 0.6 is 0 Å². The fraction of sp³-hybridized carbons (Fsp3) is 0.273. The second-order valence-corrected chi connectivity index (χ2v) is 13.0. The van der Waals surface area contributed by atoms with Crippen LogP contribution in [-0.4, -0.2) is 14.5 Å². The smallest absolute Gasteiger partial charge is 0.0770 e. The van der Waals surface area contributed by atoms with Gasteiger partial charge in [-0.25, -0.2) is 0 Å². The van der Waals surface area contributed by atoms with Gasteiger partial charge >= 0.3 is 0 Å². The summed E-state index contributed by atoms with van der Waals surface area (Å²) in [5, 5.41) is 0.890. The van der Waals surface area contributed by atoms with Crippen LogP contribution in [0.25, 0.3) is 44.6 Å². The van der Waals surface area contributed by atoms with Gasteiger partial charge in [0.15, 0.2) is 0 Å². The number of pyridine rings is 1. The Labute approximate surface area is 312 Å².